The minimum absolute atomic E-state index is 0.0461. The maximum Gasteiger partial charge on any atom is 0.395 e. The van der Waals surface area contributed by atoms with Crippen LogP contribution in [-0.2, 0) is 9.53 Å². The van der Waals surface area contributed by atoms with E-state index in [-0.39, 0.29) is 24.1 Å². The van der Waals surface area contributed by atoms with Crippen LogP contribution in [0.5, 0.6) is 0 Å². The van der Waals surface area contributed by atoms with Gasteiger partial charge in [-0.2, -0.15) is 26.3 Å². The van der Waals surface area contributed by atoms with Crippen molar-refractivity contribution in [3.05, 3.63) is 23.6 Å². The van der Waals surface area contributed by atoms with Gasteiger partial charge in [0.25, 0.3) is 0 Å². The normalized spacial score (nSPS) is 26.8. The van der Waals surface area contributed by atoms with Gasteiger partial charge in [-0.3, -0.25) is 10.1 Å². The van der Waals surface area contributed by atoms with Gasteiger partial charge in [0.05, 0.1) is 12.0 Å². The Morgan fingerprint density at radius 2 is 1.88 bits per heavy atom. The first-order valence-corrected chi connectivity index (χ1v) is 11.4. The fourth-order valence-corrected chi connectivity index (χ4v) is 4.44. The van der Waals surface area contributed by atoms with Crippen LogP contribution in [-0.4, -0.2) is 80.2 Å². The van der Waals surface area contributed by atoms with Crippen molar-refractivity contribution in [3.63, 3.8) is 0 Å². The third-order valence-corrected chi connectivity index (χ3v) is 6.46. The van der Waals surface area contributed by atoms with Crippen LogP contribution in [0.4, 0.5) is 30.7 Å². The molecular weight excluding hydrogens is 471 g/mol. The molecule has 1 amide bonds. The monoisotopic (exact) mass is 501 g/mol. The average molecular weight is 501 g/mol. The molecular formula is C22H30F7N3O2. The first-order chi connectivity index (χ1) is 15.8. The van der Waals surface area contributed by atoms with Crippen molar-refractivity contribution in [1.29, 1.82) is 0 Å². The number of likely N-dealkylation sites (tertiary alicyclic amines) is 1. The molecule has 3 atom stereocenters. The number of alkyl halides is 6. The van der Waals surface area contributed by atoms with Crippen molar-refractivity contribution in [2.75, 3.05) is 39.8 Å². The molecule has 2 fully saturated rings. The lowest BCUT2D eigenvalue weighted by atomic mass is 9.91. The second-order valence-electron chi connectivity index (χ2n) is 9.25. The highest BCUT2D eigenvalue weighted by molar-refractivity contribution is 5.94. The molecule has 12 heteroatoms. The second kappa shape index (κ2) is 10.9. The number of carbonyl (C=O) groups excluding carboxylic acids is 1. The van der Waals surface area contributed by atoms with Gasteiger partial charge >= 0.3 is 12.4 Å². The number of amides is 1. The van der Waals surface area contributed by atoms with Crippen LogP contribution in [0.2, 0.25) is 0 Å². The largest absolute Gasteiger partial charge is 0.395 e. The molecule has 0 saturated carbocycles. The molecule has 0 aromatic heterocycles. The average Bonchev–Trinajstić information content (AvgIpc) is 3.49. The van der Waals surface area contributed by atoms with Crippen LogP contribution in [0.3, 0.4) is 0 Å². The number of likely N-dealkylation sites (N-methyl/N-ethyl adjacent to an activating group) is 1. The van der Waals surface area contributed by atoms with E-state index in [2.05, 4.69) is 10.2 Å². The van der Waals surface area contributed by atoms with E-state index in [1.807, 2.05) is 0 Å². The number of hydrogen-bond donors (Lipinski definition) is 1. The Morgan fingerprint density at radius 3 is 2.50 bits per heavy atom. The Morgan fingerprint density at radius 1 is 1.21 bits per heavy atom. The van der Waals surface area contributed by atoms with Crippen molar-refractivity contribution in [2.45, 2.75) is 56.8 Å². The van der Waals surface area contributed by atoms with Crippen molar-refractivity contribution >= 4 is 5.91 Å². The molecule has 3 unspecified atom stereocenters. The van der Waals surface area contributed by atoms with Crippen molar-refractivity contribution in [1.82, 2.24) is 15.1 Å². The molecule has 0 bridgehead atoms. The van der Waals surface area contributed by atoms with Crippen LogP contribution < -0.4 is 5.32 Å². The molecule has 5 nitrogen and oxygen atoms in total. The van der Waals surface area contributed by atoms with Gasteiger partial charge in [-0.15, -0.1) is 0 Å². The molecule has 2 saturated heterocycles. The summed E-state index contributed by atoms with van der Waals surface area (Å²) in [5.74, 6) is -3.45. The van der Waals surface area contributed by atoms with Gasteiger partial charge in [0.15, 0.2) is 0 Å². The van der Waals surface area contributed by atoms with Gasteiger partial charge in [0.1, 0.15) is 12.1 Å². The van der Waals surface area contributed by atoms with Gasteiger partial charge in [-0.1, -0.05) is 0 Å². The fraction of sp³-hybridized carbons (Fsp3) is 0.773. The standard InChI is InChI=1S/C22H30F7N3O2/c1-31(20(33)15-10-16(22(27,28)29)12-17(23)11-15)13-14-3-7-32(8-4-14)9-6-30-19-18(34-19)2-5-21(24,25)26/h11-12,14,16,18-19,30H,2-10,13H2,1H3. The molecule has 0 aromatic carbocycles. The van der Waals surface area contributed by atoms with Gasteiger partial charge < -0.3 is 14.5 Å². The molecule has 0 radical (unpaired) electrons. The summed E-state index contributed by atoms with van der Waals surface area (Å²) in [4.78, 5) is 16.2. The molecule has 2 aliphatic heterocycles. The van der Waals surface area contributed by atoms with Gasteiger partial charge in [-0.05, 0) is 56.8 Å². The summed E-state index contributed by atoms with van der Waals surface area (Å²) in [6.07, 6.45) is -7.99. The minimum Gasteiger partial charge on any atom is -0.353 e. The number of allylic oxidation sites excluding steroid dienone is 3. The van der Waals surface area contributed by atoms with E-state index in [1.165, 1.54) is 11.9 Å². The highest BCUT2D eigenvalue weighted by atomic mass is 19.4. The number of ether oxygens (including phenoxy) is 1. The number of piperidine rings is 1. The molecule has 2 heterocycles. The third kappa shape index (κ3) is 8.23. The molecule has 3 aliphatic rings. The number of nitrogens with one attached hydrogen (secondary N) is 1. The van der Waals surface area contributed by atoms with Crippen LogP contribution in [0.15, 0.2) is 23.6 Å². The Kier molecular flexibility index (Phi) is 8.67. The van der Waals surface area contributed by atoms with E-state index in [9.17, 15) is 35.5 Å². The zero-order valence-corrected chi connectivity index (χ0v) is 18.9. The summed E-state index contributed by atoms with van der Waals surface area (Å²) in [6.45, 7) is 3.22. The number of hydrogen-bond acceptors (Lipinski definition) is 4. The van der Waals surface area contributed by atoms with E-state index in [0.717, 1.165) is 32.0 Å². The van der Waals surface area contributed by atoms with Gasteiger partial charge in [-0.25, -0.2) is 4.39 Å². The lowest BCUT2D eigenvalue weighted by molar-refractivity contribution is -0.161. The molecule has 3 rings (SSSR count). The highest BCUT2D eigenvalue weighted by Gasteiger charge is 2.42. The quantitative estimate of drug-likeness (QED) is 0.381. The van der Waals surface area contributed by atoms with E-state index in [0.29, 0.717) is 25.7 Å². The van der Waals surface area contributed by atoms with E-state index < -0.39 is 49.0 Å². The molecule has 34 heavy (non-hydrogen) atoms. The summed E-state index contributed by atoms with van der Waals surface area (Å²) in [5.41, 5.74) is -0.177. The topological polar surface area (TPSA) is 48.1 Å². The Hall–Kier alpha value is -1.66. The number of nitrogens with zero attached hydrogens (tertiary/aromatic N) is 2. The Balaban J connectivity index is 1.33. The summed E-state index contributed by atoms with van der Waals surface area (Å²) >= 11 is 0. The zero-order chi connectivity index (χ0) is 25.1. The molecule has 194 valence electrons. The highest BCUT2D eigenvalue weighted by Crippen LogP contribution is 2.37. The first kappa shape index (κ1) is 26.9. The number of halogens is 7. The number of carbonyl (C=O) groups is 1. The number of epoxide rings is 1. The lowest BCUT2D eigenvalue weighted by Gasteiger charge is -2.34. The summed E-state index contributed by atoms with van der Waals surface area (Å²) in [5, 5.41) is 3.10. The summed E-state index contributed by atoms with van der Waals surface area (Å²) in [6, 6.07) is 0. The smallest absolute Gasteiger partial charge is 0.353 e. The minimum atomic E-state index is -4.60. The fourth-order valence-electron chi connectivity index (χ4n) is 4.44. The Labute approximate surface area is 194 Å². The number of rotatable bonds is 9. The zero-order valence-electron chi connectivity index (χ0n) is 18.9. The lowest BCUT2D eigenvalue weighted by Crippen LogP contribution is -2.42. The first-order valence-electron chi connectivity index (χ1n) is 11.4. The van der Waals surface area contributed by atoms with Crippen molar-refractivity contribution in [2.24, 2.45) is 11.8 Å². The van der Waals surface area contributed by atoms with Crippen molar-refractivity contribution < 1.29 is 40.3 Å². The third-order valence-electron chi connectivity index (χ3n) is 6.46. The van der Waals surface area contributed by atoms with Crippen molar-refractivity contribution in [3.8, 4) is 0 Å². The summed E-state index contributed by atoms with van der Waals surface area (Å²) < 4.78 is 94.5. The summed E-state index contributed by atoms with van der Waals surface area (Å²) in [7, 11) is 1.52. The Bertz CT molecular complexity index is 773. The molecule has 1 N–H and O–H groups in total. The van der Waals surface area contributed by atoms with Crippen LogP contribution in [0.1, 0.15) is 32.1 Å². The molecule has 0 aromatic rings. The maximum atomic E-state index is 13.7. The van der Waals surface area contributed by atoms with Gasteiger partial charge in [0, 0.05) is 38.7 Å². The van der Waals surface area contributed by atoms with Crippen LogP contribution in [0.25, 0.3) is 0 Å². The van der Waals surface area contributed by atoms with Crippen LogP contribution >= 0.6 is 0 Å². The second-order valence-corrected chi connectivity index (χ2v) is 9.25. The maximum absolute atomic E-state index is 13.7. The predicted molar refractivity (Wildman–Crippen MR) is 110 cm³/mol. The van der Waals surface area contributed by atoms with Crippen LogP contribution in [0, 0.1) is 11.8 Å². The SMILES string of the molecule is CN(CC1CCN(CCNC2OC2CCC(F)(F)F)CC1)C(=O)C1=CC(F)=CC(C(F)(F)F)C1. The van der Waals surface area contributed by atoms with E-state index in [1.54, 1.807) is 0 Å². The molecule has 0 spiro atoms. The predicted octanol–water partition coefficient (Wildman–Crippen LogP) is 4.18. The molecule has 1 aliphatic carbocycles. The van der Waals surface area contributed by atoms with E-state index >= 15 is 0 Å². The van der Waals surface area contributed by atoms with Gasteiger partial charge in [0.2, 0.25) is 5.91 Å². The van der Waals surface area contributed by atoms with E-state index in [4.69, 9.17) is 4.74 Å².